The van der Waals surface area contributed by atoms with E-state index in [4.69, 9.17) is 5.84 Å². The Balaban J connectivity index is 2.77. The van der Waals surface area contributed by atoms with E-state index in [-0.39, 0.29) is 18.2 Å². The number of hydrogen-bond acceptors (Lipinski definition) is 4. The third-order valence-electron chi connectivity index (χ3n) is 2.70. The predicted molar refractivity (Wildman–Crippen MR) is 67.5 cm³/mol. The summed E-state index contributed by atoms with van der Waals surface area (Å²) in [5, 5.41) is 0. The molecule has 0 saturated heterocycles. The fourth-order valence-electron chi connectivity index (χ4n) is 1.60. The van der Waals surface area contributed by atoms with Gasteiger partial charge >= 0.3 is 6.18 Å². The molecule has 5 nitrogen and oxygen atoms in total. The number of rotatable bonds is 5. The molecule has 1 aromatic rings. The number of aromatic nitrogens is 1. The highest BCUT2D eigenvalue weighted by Gasteiger charge is 2.31. The van der Waals surface area contributed by atoms with Crippen molar-refractivity contribution in [2.75, 3.05) is 6.54 Å². The van der Waals surface area contributed by atoms with Crippen LogP contribution in [-0.4, -0.2) is 34.6 Å². The van der Waals surface area contributed by atoms with Crippen molar-refractivity contribution in [2.45, 2.75) is 32.6 Å². The molecule has 0 radical (unpaired) electrons. The Labute approximate surface area is 114 Å². The summed E-state index contributed by atoms with van der Waals surface area (Å²) >= 11 is 0. The van der Waals surface area contributed by atoms with Crippen molar-refractivity contribution < 1.29 is 18.0 Å². The van der Waals surface area contributed by atoms with Crippen molar-refractivity contribution in [3.8, 4) is 0 Å². The van der Waals surface area contributed by atoms with Crippen LogP contribution < -0.4 is 11.3 Å². The van der Waals surface area contributed by atoms with Gasteiger partial charge in [0.25, 0.3) is 5.91 Å². The van der Waals surface area contributed by atoms with Crippen LogP contribution in [0.5, 0.6) is 0 Å². The second-order valence-corrected chi connectivity index (χ2v) is 4.63. The summed E-state index contributed by atoms with van der Waals surface area (Å²) in [6, 6.07) is 2.71. The van der Waals surface area contributed by atoms with E-state index < -0.39 is 18.6 Å². The predicted octanol–water partition coefficient (Wildman–Crippen LogP) is 1.46. The van der Waals surface area contributed by atoms with Crippen LogP contribution in [0.25, 0.3) is 0 Å². The summed E-state index contributed by atoms with van der Waals surface area (Å²) in [6.45, 7) is 2.42. The molecule has 112 valence electrons. The van der Waals surface area contributed by atoms with Crippen molar-refractivity contribution in [1.29, 1.82) is 0 Å². The van der Waals surface area contributed by atoms with Gasteiger partial charge in [-0.3, -0.25) is 20.1 Å². The van der Waals surface area contributed by atoms with Crippen molar-refractivity contribution >= 4 is 5.91 Å². The molecule has 0 aromatic carbocycles. The number of amides is 1. The van der Waals surface area contributed by atoms with E-state index in [9.17, 15) is 18.0 Å². The van der Waals surface area contributed by atoms with Gasteiger partial charge in [-0.15, -0.1) is 0 Å². The van der Waals surface area contributed by atoms with Gasteiger partial charge in [-0.2, -0.15) is 13.2 Å². The summed E-state index contributed by atoms with van der Waals surface area (Å²) in [4.78, 5) is 16.4. The zero-order valence-corrected chi connectivity index (χ0v) is 11.2. The first-order chi connectivity index (χ1) is 9.23. The number of nitrogen functional groups attached to an aromatic ring is 1. The molecule has 0 aliphatic carbocycles. The molecule has 1 aromatic heterocycles. The first-order valence-corrected chi connectivity index (χ1v) is 5.99. The number of hydrogen-bond donors (Lipinski definition) is 2. The van der Waals surface area contributed by atoms with Crippen LogP contribution in [0.3, 0.4) is 0 Å². The molecule has 1 heterocycles. The van der Waals surface area contributed by atoms with Gasteiger partial charge in [0, 0.05) is 18.8 Å². The highest BCUT2D eigenvalue weighted by Crippen LogP contribution is 2.19. The number of carbonyl (C=O) groups excluding carboxylic acids is 1. The van der Waals surface area contributed by atoms with Gasteiger partial charge in [-0.05, 0) is 26.0 Å². The molecule has 3 N–H and O–H groups in total. The van der Waals surface area contributed by atoms with Crippen molar-refractivity contribution in [2.24, 2.45) is 5.84 Å². The highest BCUT2D eigenvalue weighted by atomic mass is 19.4. The molecule has 1 rings (SSSR count). The van der Waals surface area contributed by atoms with Crippen molar-refractivity contribution in [1.82, 2.24) is 15.3 Å². The maximum atomic E-state index is 12.5. The van der Waals surface area contributed by atoms with Crippen LogP contribution in [0.2, 0.25) is 0 Å². The number of nitrogens with one attached hydrogen (secondary N) is 1. The lowest BCUT2D eigenvalue weighted by Crippen LogP contribution is -2.38. The summed E-state index contributed by atoms with van der Waals surface area (Å²) in [5.74, 6) is 4.47. The monoisotopic (exact) mass is 290 g/mol. The number of carbonyl (C=O) groups is 1. The Kier molecular flexibility index (Phi) is 5.46. The van der Waals surface area contributed by atoms with Crippen molar-refractivity contribution in [3.63, 3.8) is 0 Å². The zero-order valence-electron chi connectivity index (χ0n) is 11.2. The number of alkyl halides is 3. The molecule has 0 fully saturated rings. The van der Waals surface area contributed by atoms with Gasteiger partial charge in [0.05, 0.1) is 17.8 Å². The minimum absolute atomic E-state index is 0.0572. The van der Waals surface area contributed by atoms with Crippen LogP contribution in [0.15, 0.2) is 18.3 Å². The van der Waals surface area contributed by atoms with E-state index in [1.54, 1.807) is 13.8 Å². The van der Waals surface area contributed by atoms with Crippen molar-refractivity contribution in [3.05, 3.63) is 29.6 Å². The van der Waals surface area contributed by atoms with Crippen LogP contribution in [0.1, 0.15) is 29.9 Å². The Hall–Kier alpha value is -1.67. The average molecular weight is 290 g/mol. The van der Waals surface area contributed by atoms with E-state index in [0.29, 0.717) is 5.69 Å². The number of nitrogens with two attached hydrogens (primary N) is 1. The molecule has 0 aliphatic rings. The fourth-order valence-corrected chi connectivity index (χ4v) is 1.60. The smallest absolute Gasteiger partial charge is 0.290 e. The summed E-state index contributed by atoms with van der Waals surface area (Å²) in [6.07, 6.45) is -2.98. The molecule has 0 spiro atoms. The Morgan fingerprint density at radius 3 is 2.50 bits per heavy atom. The minimum atomic E-state index is -4.26. The maximum absolute atomic E-state index is 12.5. The first kappa shape index (κ1) is 16.4. The molecule has 0 bridgehead atoms. The van der Waals surface area contributed by atoms with Gasteiger partial charge in [-0.25, -0.2) is 5.84 Å². The van der Waals surface area contributed by atoms with Crippen LogP contribution in [0, 0.1) is 0 Å². The number of nitrogens with zero attached hydrogens (tertiary/aromatic N) is 2. The SMILES string of the molecule is CC(C)N(Cc1ccc(C(=O)NN)cn1)CC(F)(F)F. The Morgan fingerprint density at radius 1 is 1.45 bits per heavy atom. The number of hydrazine groups is 1. The van der Waals surface area contributed by atoms with E-state index in [1.165, 1.54) is 23.2 Å². The lowest BCUT2D eigenvalue weighted by molar-refractivity contribution is -0.151. The van der Waals surface area contributed by atoms with Gasteiger partial charge in [-0.1, -0.05) is 0 Å². The lowest BCUT2D eigenvalue weighted by Gasteiger charge is -2.27. The summed E-state index contributed by atoms with van der Waals surface area (Å²) < 4.78 is 37.4. The molecule has 8 heteroatoms. The molecule has 1 amide bonds. The first-order valence-electron chi connectivity index (χ1n) is 5.99. The van der Waals surface area contributed by atoms with Gasteiger partial charge in [0.15, 0.2) is 0 Å². The second kappa shape index (κ2) is 6.67. The Bertz CT molecular complexity index is 445. The molecule has 0 aliphatic heterocycles. The normalized spacial score (nSPS) is 12.0. The quantitative estimate of drug-likeness (QED) is 0.489. The van der Waals surface area contributed by atoms with Gasteiger partial charge in [0.2, 0.25) is 0 Å². The zero-order chi connectivity index (χ0) is 15.3. The van der Waals surface area contributed by atoms with E-state index in [0.717, 1.165) is 0 Å². The summed E-state index contributed by atoms with van der Waals surface area (Å²) in [5.41, 5.74) is 2.66. The molecule has 0 saturated carbocycles. The third kappa shape index (κ3) is 5.14. The fraction of sp³-hybridized carbons (Fsp3) is 0.500. The minimum Gasteiger partial charge on any atom is -0.290 e. The maximum Gasteiger partial charge on any atom is 0.401 e. The topological polar surface area (TPSA) is 71.2 Å². The molecular weight excluding hydrogens is 273 g/mol. The van der Waals surface area contributed by atoms with Crippen LogP contribution in [-0.2, 0) is 6.54 Å². The van der Waals surface area contributed by atoms with E-state index >= 15 is 0 Å². The third-order valence-corrected chi connectivity index (χ3v) is 2.70. The lowest BCUT2D eigenvalue weighted by atomic mass is 10.2. The van der Waals surface area contributed by atoms with E-state index in [1.807, 2.05) is 5.43 Å². The van der Waals surface area contributed by atoms with Gasteiger partial charge in [0.1, 0.15) is 0 Å². The Morgan fingerprint density at radius 2 is 2.10 bits per heavy atom. The summed E-state index contributed by atoms with van der Waals surface area (Å²) in [7, 11) is 0. The standard InChI is InChI=1S/C12H17F3N4O/c1-8(2)19(7-12(13,14)15)6-10-4-3-9(5-17-10)11(20)18-16/h3-5,8H,6-7,16H2,1-2H3,(H,18,20). The molecule has 0 unspecified atom stereocenters. The second-order valence-electron chi connectivity index (χ2n) is 4.63. The van der Waals surface area contributed by atoms with Crippen LogP contribution >= 0.6 is 0 Å². The number of halogens is 3. The highest BCUT2D eigenvalue weighted by molar-refractivity contribution is 5.93. The van der Waals surface area contributed by atoms with Crippen LogP contribution in [0.4, 0.5) is 13.2 Å². The largest absolute Gasteiger partial charge is 0.401 e. The molecular formula is C12H17F3N4O. The van der Waals surface area contributed by atoms with E-state index in [2.05, 4.69) is 4.98 Å². The average Bonchev–Trinajstić information content (AvgIpc) is 2.36. The molecule has 20 heavy (non-hydrogen) atoms. The number of pyridine rings is 1. The molecule has 0 atom stereocenters. The van der Waals surface area contributed by atoms with Gasteiger partial charge < -0.3 is 0 Å².